The molecule has 3 rings (SSSR count). The second-order valence-corrected chi connectivity index (χ2v) is 8.35. The van der Waals surface area contributed by atoms with Crippen molar-refractivity contribution in [2.45, 2.75) is 48.8 Å². The number of hydrogen-bond donors (Lipinski definition) is 3. The molecule has 3 unspecified atom stereocenters. The third-order valence-corrected chi connectivity index (χ3v) is 6.60. The number of nitrogens with one attached hydrogen (secondary N) is 2. The predicted octanol–water partition coefficient (Wildman–Crippen LogP) is -0.611. The molecule has 3 N–H and O–H groups in total. The summed E-state index contributed by atoms with van der Waals surface area (Å²) >= 11 is 3.57. The molecule has 3 heterocycles. The molecule has 3 fully saturated rings. The van der Waals surface area contributed by atoms with E-state index in [0.717, 1.165) is 12.8 Å². The van der Waals surface area contributed by atoms with Crippen LogP contribution in [0.15, 0.2) is 0 Å². The number of hydrogen-bond acceptors (Lipinski definition) is 5. The number of amides is 3. The zero-order valence-electron chi connectivity index (χ0n) is 15.0. The molecule has 8 nitrogen and oxygen atoms in total. The lowest BCUT2D eigenvalue weighted by Crippen LogP contribution is -2.56. The standard InChI is InChI=1S/C17H26BrN3O5/c1-3-4-5-20-15(24)13-17-8-9(18)12(26-17)10(14(23)19-2)11(17)16(25)21(13)6-7-22/h9-13,22H,3-8H2,1-2H3,(H,19,23)(H,20,24)/t9?,10-,11+,12-,13?,17?/m1/s1. The number of halogens is 1. The monoisotopic (exact) mass is 431 g/mol. The number of β-amino-alcohol motifs (C(OH)–C–C–N with tert-alkyl or cyclic N) is 1. The summed E-state index contributed by atoms with van der Waals surface area (Å²) in [7, 11) is 1.53. The van der Waals surface area contributed by atoms with Crippen molar-refractivity contribution in [2.75, 3.05) is 26.7 Å². The maximum Gasteiger partial charge on any atom is 0.245 e. The number of aliphatic hydroxyl groups excluding tert-OH is 1. The van der Waals surface area contributed by atoms with Crippen molar-refractivity contribution in [3.63, 3.8) is 0 Å². The zero-order chi connectivity index (χ0) is 19.1. The Morgan fingerprint density at radius 3 is 2.77 bits per heavy atom. The first-order valence-corrected chi connectivity index (χ1v) is 10.1. The molecule has 0 aromatic carbocycles. The van der Waals surface area contributed by atoms with Crippen LogP contribution in [0.4, 0.5) is 0 Å². The molecular weight excluding hydrogens is 406 g/mol. The highest BCUT2D eigenvalue weighted by atomic mass is 79.9. The van der Waals surface area contributed by atoms with Crippen LogP contribution in [0.5, 0.6) is 0 Å². The Balaban J connectivity index is 1.96. The Morgan fingerprint density at radius 1 is 1.42 bits per heavy atom. The van der Waals surface area contributed by atoms with Crippen molar-refractivity contribution in [3.05, 3.63) is 0 Å². The molecule has 1 spiro atoms. The smallest absolute Gasteiger partial charge is 0.245 e. The number of alkyl halides is 1. The molecule has 0 radical (unpaired) electrons. The van der Waals surface area contributed by atoms with Gasteiger partial charge in [-0.25, -0.2) is 0 Å². The number of unbranched alkanes of at least 4 members (excludes halogenated alkanes) is 1. The quantitative estimate of drug-likeness (QED) is 0.368. The Bertz CT molecular complexity index is 603. The van der Waals surface area contributed by atoms with Gasteiger partial charge in [-0.3, -0.25) is 14.4 Å². The van der Waals surface area contributed by atoms with Gasteiger partial charge in [-0.05, 0) is 12.8 Å². The normalized spacial score (nSPS) is 37.8. The summed E-state index contributed by atoms with van der Waals surface area (Å²) in [6.45, 7) is 2.35. The number of aliphatic hydroxyl groups is 1. The minimum absolute atomic E-state index is 0.0460. The van der Waals surface area contributed by atoms with Gasteiger partial charge in [-0.1, -0.05) is 29.3 Å². The third-order valence-electron chi connectivity index (χ3n) is 5.76. The van der Waals surface area contributed by atoms with E-state index >= 15 is 0 Å². The van der Waals surface area contributed by atoms with Crippen LogP contribution in [0, 0.1) is 11.8 Å². The average molecular weight is 432 g/mol. The van der Waals surface area contributed by atoms with Crippen LogP contribution in [-0.2, 0) is 19.1 Å². The van der Waals surface area contributed by atoms with E-state index in [-0.39, 0.29) is 35.7 Å². The molecule has 3 amide bonds. The van der Waals surface area contributed by atoms with E-state index in [1.807, 2.05) is 6.92 Å². The average Bonchev–Trinajstić information content (AvgIpc) is 3.19. The first kappa shape index (κ1) is 19.6. The van der Waals surface area contributed by atoms with Gasteiger partial charge in [0.15, 0.2) is 0 Å². The van der Waals surface area contributed by atoms with E-state index in [1.165, 1.54) is 11.9 Å². The second-order valence-electron chi connectivity index (χ2n) is 7.18. The number of carbonyl (C=O) groups is 3. The predicted molar refractivity (Wildman–Crippen MR) is 96.5 cm³/mol. The highest BCUT2D eigenvalue weighted by molar-refractivity contribution is 9.09. The summed E-state index contributed by atoms with van der Waals surface area (Å²) in [4.78, 5) is 39.8. The van der Waals surface area contributed by atoms with Crippen LogP contribution < -0.4 is 10.6 Å². The van der Waals surface area contributed by atoms with Gasteiger partial charge in [0, 0.05) is 25.0 Å². The fourth-order valence-corrected chi connectivity index (χ4v) is 5.67. The molecule has 0 aromatic rings. The molecule has 9 heteroatoms. The van der Waals surface area contributed by atoms with Crippen molar-refractivity contribution in [1.82, 2.24) is 15.5 Å². The van der Waals surface area contributed by atoms with Crippen molar-refractivity contribution in [1.29, 1.82) is 0 Å². The molecule has 0 saturated carbocycles. The number of nitrogens with zero attached hydrogens (tertiary/aromatic N) is 1. The maximum absolute atomic E-state index is 13.1. The zero-order valence-corrected chi connectivity index (χ0v) is 16.6. The number of fused-ring (bicyclic) bond motifs is 1. The van der Waals surface area contributed by atoms with E-state index in [2.05, 4.69) is 26.6 Å². The van der Waals surface area contributed by atoms with E-state index < -0.39 is 29.6 Å². The molecule has 3 aliphatic heterocycles. The van der Waals surface area contributed by atoms with Crippen LogP contribution in [0.1, 0.15) is 26.2 Å². The molecule has 3 aliphatic rings. The summed E-state index contributed by atoms with van der Waals surface area (Å²) in [5.74, 6) is -2.16. The summed E-state index contributed by atoms with van der Waals surface area (Å²) < 4.78 is 6.21. The molecule has 3 saturated heterocycles. The lowest BCUT2D eigenvalue weighted by molar-refractivity contribution is -0.142. The molecule has 146 valence electrons. The minimum atomic E-state index is -1.03. The fourth-order valence-electron chi connectivity index (χ4n) is 4.73. The number of rotatable bonds is 7. The Morgan fingerprint density at radius 2 is 2.15 bits per heavy atom. The van der Waals surface area contributed by atoms with Crippen LogP contribution in [0.25, 0.3) is 0 Å². The third kappa shape index (κ3) is 2.75. The van der Waals surface area contributed by atoms with E-state index in [4.69, 9.17) is 4.74 Å². The topological polar surface area (TPSA) is 108 Å². The first-order chi connectivity index (χ1) is 12.4. The number of ether oxygens (including phenoxy) is 1. The van der Waals surface area contributed by atoms with Gasteiger partial charge in [0.25, 0.3) is 0 Å². The largest absolute Gasteiger partial charge is 0.395 e. The second kappa shape index (κ2) is 7.44. The van der Waals surface area contributed by atoms with Gasteiger partial charge in [-0.2, -0.15) is 0 Å². The Hall–Kier alpha value is -1.19. The Labute approximate surface area is 161 Å². The molecule has 0 aromatic heterocycles. The van der Waals surface area contributed by atoms with Crippen molar-refractivity contribution < 1.29 is 24.2 Å². The van der Waals surface area contributed by atoms with Gasteiger partial charge < -0.3 is 25.4 Å². The van der Waals surface area contributed by atoms with Gasteiger partial charge in [-0.15, -0.1) is 0 Å². The van der Waals surface area contributed by atoms with Gasteiger partial charge >= 0.3 is 0 Å². The minimum Gasteiger partial charge on any atom is -0.395 e. The Kier molecular flexibility index (Phi) is 5.60. The van der Waals surface area contributed by atoms with Gasteiger partial charge in [0.05, 0.1) is 24.5 Å². The van der Waals surface area contributed by atoms with Crippen LogP contribution in [-0.4, -0.2) is 77.0 Å². The van der Waals surface area contributed by atoms with Crippen molar-refractivity contribution in [3.8, 4) is 0 Å². The molecule has 0 aliphatic carbocycles. The first-order valence-electron chi connectivity index (χ1n) is 9.15. The molecule has 2 bridgehead atoms. The van der Waals surface area contributed by atoms with Crippen LogP contribution in [0.3, 0.4) is 0 Å². The fraction of sp³-hybridized carbons (Fsp3) is 0.824. The van der Waals surface area contributed by atoms with Gasteiger partial charge in [0.1, 0.15) is 11.6 Å². The van der Waals surface area contributed by atoms with E-state index in [1.54, 1.807) is 0 Å². The summed E-state index contributed by atoms with van der Waals surface area (Å²) in [5.41, 5.74) is -1.03. The van der Waals surface area contributed by atoms with E-state index in [9.17, 15) is 19.5 Å². The van der Waals surface area contributed by atoms with Crippen LogP contribution in [0.2, 0.25) is 0 Å². The van der Waals surface area contributed by atoms with E-state index in [0.29, 0.717) is 13.0 Å². The molecular formula is C17H26BrN3O5. The van der Waals surface area contributed by atoms with Gasteiger partial charge in [0.2, 0.25) is 17.7 Å². The molecule has 26 heavy (non-hydrogen) atoms. The SMILES string of the molecule is CCCCNC(=O)C1N(CCO)C(=O)[C@@H]2[C@@H](C(=O)NC)[C@@H]3OC12CC3Br. The number of carbonyl (C=O) groups excluding carboxylic acids is 3. The highest BCUT2D eigenvalue weighted by Crippen LogP contribution is 2.59. The van der Waals surface area contributed by atoms with Crippen molar-refractivity contribution in [2.24, 2.45) is 11.8 Å². The summed E-state index contributed by atoms with van der Waals surface area (Å²) in [6, 6.07) is -0.830. The summed E-state index contributed by atoms with van der Waals surface area (Å²) in [5, 5.41) is 14.9. The lowest BCUT2D eigenvalue weighted by atomic mass is 9.70. The maximum atomic E-state index is 13.1. The number of likely N-dealkylation sites (tertiary alicyclic amines) is 1. The lowest BCUT2D eigenvalue weighted by Gasteiger charge is -2.33. The van der Waals surface area contributed by atoms with Crippen LogP contribution >= 0.6 is 15.9 Å². The van der Waals surface area contributed by atoms with Crippen molar-refractivity contribution >= 4 is 33.7 Å². The molecule has 6 atom stereocenters. The highest BCUT2D eigenvalue weighted by Gasteiger charge is 2.76. The summed E-state index contributed by atoms with van der Waals surface area (Å²) in [6.07, 6.45) is 1.83.